The maximum atomic E-state index is 13.0. The number of halogens is 1. The molecule has 27 heavy (non-hydrogen) atoms. The van der Waals surface area contributed by atoms with Gasteiger partial charge in [0.05, 0.1) is 6.54 Å². The highest BCUT2D eigenvalue weighted by atomic mass is 35.5. The van der Waals surface area contributed by atoms with Crippen molar-refractivity contribution < 1.29 is 4.79 Å². The van der Waals surface area contributed by atoms with Crippen molar-refractivity contribution in [2.75, 3.05) is 0 Å². The van der Waals surface area contributed by atoms with E-state index in [-0.39, 0.29) is 11.9 Å². The third-order valence-electron chi connectivity index (χ3n) is 4.65. The summed E-state index contributed by atoms with van der Waals surface area (Å²) >= 11 is 6.07. The summed E-state index contributed by atoms with van der Waals surface area (Å²) in [6, 6.07) is 19.8. The Labute approximate surface area is 166 Å². The third-order valence-corrected chi connectivity index (χ3v) is 4.88. The Morgan fingerprint density at radius 2 is 1.85 bits per heavy atom. The highest BCUT2D eigenvalue weighted by molar-refractivity contribution is 6.30. The van der Waals surface area contributed by atoms with E-state index in [9.17, 15) is 4.79 Å². The molecule has 3 aromatic rings. The first-order chi connectivity index (χ1) is 12.9. The van der Waals surface area contributed by atoms with Crippen molar-refractivity contribution in [1.29, 1.82) is 0 Å². The van der Waals surface area contributed by atoms with E-state index in [1.165, 1.54) is 11.1 Å². The van der Waals surface area contributed by atoms with Crippen LogP contribution in [0.25, 0.3) is 0 Å². The van der Waals surface area contributed by atoms with Gasteiger partial charge in [-0.15, -0.1) is 0 Å². The SMILES string of the molecule is Cc1cccc(Cn2cccc2CN(C(=O)c2cccc(Cl)c2)C(C)C)c1. The van der Waals surface area contributed by atoms with Gasteiger partial charge in [0.1, 0.15) is 0 Å². The number of amides is 1. The topological polar surface area (TPSA) is 25.2 Å². The van der Waals surface area contributed by atoms with Crippen LogP contribution in [0.1, 0.15) is 41.0 Å². The first-order valence-corrected chi connectivity index (χ1v) is 9.58. The summed E-state index contributed by atoms with van der Waals surface area (Å²) in [5.74, 6) is -0.00388. The molecule has 0 aliphatic heterocycles. The minimum absolute atomic E-state index is 0.00388. The van der Waals surface area contributed by atoms with Crippen LogP contribution in [0, 0.1) is 6.92 Å². The number of hydrogen-bond acceptors (Lipinski definition) is 1. The molecule has 0 fully saturated rings. The number of hydrogen-bond donors (Lipinski definition) is 0. The molecule has 0 saturated carbocycles. The van der Waals surface area contributed by atoms with E-state index < -0.39 is 0 Å². The predicted octanol–water partition coefficient (Wildman–Crippen LogP) is 5.55. The van der Waals surface area contributed by atoms with Crippen LogP contribution >= 0.6 is 11.6 Å². The second-order valence-electron chi connectivity index (χ2n) is 7.15. The predicted molar refractivity (Wildman–Crippen MR) is 111 cm³/mol. The molecule has 1 amide bonds. The van der Waals surface area contributed by atoms with Gasteiger partial charge in [0.15, 0.2) is 0 Å². The number of aryl methyl sites for hydroxylation is 1. The fraction of sp³-hybridized carbons (Fsp3) is 0.261. The summed E-state index contributed by atoms with van der Waals surface area (Å²) in [5.41, 5.74) is 4.24. The lowest BCUT2D eigenvalue weighted by atomic mass is 10.1. The van der Waals surface area contributed by atoms with Gasteiger partial charge in [-0.05, 0) is 56.7 Å². The zero-order chi connectivity index (χ0) is 19.4. The molecule has 0 saturated heterocycles. The van der Waals surface area contributed by atoms with Crippen LogP contribution in [0.15, 0.2) is 66.9 Å². The van der Waals surface area contributed by atoms with E-state index in [0.29, 0.717) is 17.1 Å². The molecule has 0 radical (unpaired) electrons. The molecule has 140 valence electrons. The Bertz CT molecular complexity index is 929. The zero-order valence-corrected chi connectivity index (χ0v) is 16.8. The highest BCUT2D eigenvalue weighted by Gasteiger charge is 2.20. The van der Waals surface area contributed by atoms with Crippen LogP contribution in [0.4, 0.5) is 0 Å². The summed E-state index contributed by atoms with van der Waals surface area (Å²) in [7, 11) is 0. The number of aromatic nitrogens is 1. The summed E-state index contributed by atoms with van der Waals surface area (Å²) < 4.78 is 2.20. The Balaban J connectivity index is 1.82. The lowest BCUT2D eigenvalue weighted by Crippen LogP contribution is -2.37. The van der Waals surface area contributed by atoms with Crippen molar-refractivity contribution in [1.82, 2.24) is 9.47 Å². The smallest absolute Gasteiger partial charge is 0.254 e. The summed E-state index contributed by atoms with van der Waals surface area (Å²) in [5, 5.41) is 0.576. The molecule has 4 heteroatoms. The van der Waals surface area contributed by atoms with Crippen molar-refractivity contribution in [3.05, 3.63) is 94.3 Å². The van der Waals surface area contributed by atoms with Gasteiger partial charge in [0, 0.05) is 35.1 Å². The molecular formula is C23H25ClN2O. The third kappa shape index (κ3) is 4.81. The van der Waals surface area contributed by atoms with Gasteiger partial charge in [-0.3, -0.25) is 4.79 Å². The Kier molecular flexibility index (Phi) is 6.02. The second-order valence-corrected chi connectivity index (χ2v) is 7.59. The van der Waals surface area contributed by atoms with Crippen molar-refractivity contribution in [3.8, 4) is 0 Å². The Morgan fingerprint density at radius 3 is 2.56 bits per heavy atom. The molecule has 0 aliphatic rings. The summed E-state index contributed by atoms with van der Waals surface area (Å²) in [6.45, 7) is 7.53. The number of carbonyl (C=O) groups is 1. The number of carbonyl (C=O) groups excluding carboxylic acids is 1. The van der Waals surface area contributed by atoms with E-state index in [1.807, 2.05) is 36.9 Å². The van der Waals surface area contributed by atoms with Crippen molar-refractivity contribution in [2.45, 2.75) is 39.9 Å². The molecule has 0 atom stereocenters. The van der Waals surface area contributed by atoms with E-state index in [4.69, 9.17) is 11.6 Å². The van der Waals surface area contributed by atoms with E-state index in [1.54, 1.807) is 12.1 Å². The largest absolute Gasteiger partial charge is 0.345 e. The fourth-order valence-electron chi connectivity index (χ4n) is 3.21. The van der Waals surface area contributed by atoms with Crippen LogP contribution in [-0.4, -0.2) is 21.4 Å². The lowest BCUT2D eigenvalue weighted by molar-refractivity contribution is 0.0686. The molecule has 0 N–H and O–H groups in total. The van der Waals surface area contributed by atoms with Gasteiger partial charge in [-0.1, -0.05) is 47.5 Å². The van der Waals surface area contributed by atoms with Crippen LogP contribution < -0.4 is 0 Å². The molecule has 1 heterocycles. The normalized spacial score (nSPS) is 11.0. The van der Waals surface area contributed by atoms with E-state index in [2.05, 4.69) is 48.0 Å². The fourth-order valence-corrected chi connectivity index (χ4v) is 3.40. The standard InChI is InChI=1S/C23H25ClN2O/c1-17(2)26(23(27)20-9-5-10-21(24)14-20)16-22-11-6-12-25(22)15-19-8-4-7-18(3)13-19/h4-14,17H,15-16H2,1-3H3. The van der Waals surface area contributed by atoms with E-state index in [0.717, 1.165) is 12.2 Å². The highest BCUT2D eigenvalue weighted by Crippen LogP contribution is 2.18. The van der Waals surface area contributed by atoms with Crippen LogP contribution in [0.5, 0.6) is 0 Å². The maximum Gasteiger partial charge on any atom is 0.254 e. The molecular weight excluding hydrogens is 356 g/mol. The van der Waals surface area contributed by atoms with Crippen LogP contribution in [-0.2, 0) is 13.1 Å². The molecule has 0 aliphatic carbocycles. The molecule has 0 bridgehead atoms. The Morgan fingerprint density at radius 1 is 1.07 bits per heavy atom. The van der Waals surface area contributed by atoms with Crippen molar-refractivity contribution >= 4 is 17.5 Å². The molecule has 2 aromatic carbocycles. The molecule has 1 aromatic heterocycles. The summed E-state index contributed by atoms with van der Waals surface area (Å²) in [4.78, 5) is 14.9. The van der Waals surface area contributed by atoms with Crippen LogP contribution in [0.2, 0.25) is 5.02 Å². The molecule has 3 rings (SSSR count). The second kappa shape index (κ2) is 8.45. The minimum atomic E-state index is -0.00388. The number of rotatable bonds is 6. The first-order valence-electron chi connectivity index (χ1n) is 9.20. The zero-order valence-electron chi connectivity index (χ0n) is 16.0. The van der Waals surface area contributed by atoms with Gasteiger partial charge in [0.2, 0.25) is 0 Å². The van der Waals surface area contributed by atoms with Crippen molar-refractivity contribution in [3.63, 3.8) is 0 Å². The average molecular weight is 381 g/mol. The van der Waals surface area contributed by atoms with Gasteiger partial charge < -0.3 is 9.47 Å². The van der Waals surface area contributed by atoms with Crippen LogP contribution in [0.3, 0.4) is 0 Å². The molecule has 3 nitrogen and oxygen atoms in total. The quantitative estimate of drug-likeness (QED) is 0.550. The van der Waals surface area contributed by atoms with E-state index >= 15 is 0 Å². The van der Waals surface area contributed by atoms with Crippen molar-refractivity contribution in [2.24, 2.45) is 0 Å². The van der Waals surface area contributed by atoms with Gasteiger partial charge in [0.25, 0.3) is 5.91 Å². The molecule has 0 unspecified atom stereocenters. The van der Waals surface area contributed by atoms with Gasteiger partial charge in [-0.2, -0.15) is 0 Å². The maximum absolute atomic E-state index is 13.0. The average Bonchev–Trinajstić information content (AvgIpc) is 3.05. The lowest BCUT2D eigenvalue weighted by Gasteiger charge is -2.27. The van der Waals surface area contributed by atoms with Gasteiger partial charge in [-0.25, -0.2) is 0 Å². The monoisotopic (exact) mass is 380 g/mol. The molecule has 0 spiro atoms. The number of nitrogens with zero attached hydrogens (tertiary/aromatic N) is 2. The Hall–Kier alpha value is -2.52. The number of benzene rings is 2. The first kappa shape index (κ1) is 19.2. The summed E-state index contributed by atoms with van der Waals surface area (Å²) in [6.07, 6.45) is 2.07. The minimum Gasteiger partial charge on any atom is -0.345 e. The van der Waals surface area contributed by atoms with Gasteiger partial charge >= 0.3 is 0 Å².